The lowest BCUT2D eigenvalue weighted by Gasteiger charge is -2.43. The van der Waals surface area contributed by atoms with Crippen molar-refractivity contribution >= 4 is 11.6 Å². The summed E-state index contributed by atoms with van der Waals surface area (Å²) in [6.45, 7) is 8.57. The maximum atomic E-state index is 5.65. The fourth-order valence-electron chi connectivity index (χ4n) is 3.07. The summed E-state index contributed by atoms with van der Waals surface area (Å²) < 4.78 is 0. The van der Waals surface area contributed by atoms with Crippen molar-refractivity contribution < 1.29 is 0 Å². The Labute approximate surface area is 126 Å². The number of hydrazine groups is 1. The Morgan fingerprint density at radius 2 is 1.76 bits per heavy atom. The van der Waals surface area contributed by atoms with Crippen LogP contribution < -0.4 is 16.2 Å². The van der Waals surface area contributed by atoms with Crippen LogP contribution >= 0.6 is 0 Å². The SMILES string of the molecule is Cc1c(NN)nc(C2CC2)nc1N1CC(C)N(C)C(C)C1. The summed E-state index contributed by atoms with van der Waals surface area (Å²) in [7, 11) is 2.20. The molecule has 1 aliphatic carbocycles. The van der Waals surface area contributed by atoms with E-state index in [0.29, 0.717) is 18.0 Å². The third kappa shape index (κ3) is 2.70. The fourth-order valence-corrected chi connectivity index (χ4v) is 3.07. The van der Waals surface area contributed by atoms with Gasteiger partial charge >= 0.3 is 0 Å². The zero-order chi connectivity index (χ0) is 15.1. The van der Waals surface area contributed by atoms with Crippen LogP contribution in [0, 0.1) is 6.92 Å². The quantitative estimate of drug-likeness (QED) is 0.649. The molecule has 6 nitrogen and oxygen atoms in total. The fraction of sp³-hybridized carbons (Fsp3) is 0.733. The van der Waals surface area contributed by atoms with E-state index in [0.717, 1.165) is 36.1 Å². The van der Waals surface area contributed by atoms with E-state index in [1.54, 1.807) is 0 Å². The van der Waals surface area contributed by atoms with Crippen molar-refractivity contribution in [2.75, 3.05) is 30.5 Å². The van der Waals surface area contributed by atoms with Gasteiger partial charge in [-0.25, -0.2) is 15.8 Å². The number of nitrogens with one attached hydrogen (secondary N) is 1. The molecule has 1 aliphatic heterocycles. The number of nitrogens with two attached hydrogens (primary N) is 1. The van der Waals surface area contributed by atoms with Gasteiger partial charge in [0.15, 0.2) is 0 Å². The average Bonchev–Trinajstić information content (AvgIpc) is 3.29. The van der Waals surface area contributed by atoms with Gasteiger partial charge in [-0.1, -0.05) is 0 Å². The maximum absolute atomic E-state index is 5.65. The highest BCUT2D eigenvalue weighted by Crippen LogP contribution is 2.40. The standard InChI is InChI=1S/C15H26N6/c1-9-7-21(8-10(2)20(9)4)15-11(3)13(19-16)17-14(18-15)12-5-6-12/h9-10,12H,5-8,16H2,1-4H3,(H,17,18,19). The van der Waals surface area contributed by atoms with Crippen molar-refractivity contribution in [3.05, 3.63) is 11.4 Å². The molecular formula is C15H26N6. The second kappa shape index (κ2) is 5.42. The van der Waals surface area contributed by atoms with E-state index < -0.39 is 0 Å². The molecule has 3 N–H and O–H groups in total. The van der Waals surface area contributed by atoms with Gasteiger partial charge in [0.05, 0.1) is 0 Å². The second-order valence-electron chi connectivity index (χ2n) is 6.57. The Kier molecular flexibility index (Phi) is 3.75. The molecule has 3 rings (SSSR count). The Balaban J connectivity index is 1.95. The lowest BCUT2D eigenvalue weighted by molar-refractivity contribution is 0.169. The molecule has 0 spiro atoms. The zero-order valence-corrected chi connectivity index (χ0v) is 13.4. The van der Waals surface area contributed by atoms with Gasteiger partial charge in [-0.2, -0.15) is 0 Å². The van der Waals surface area contributed by atoms with E-state index in [-0.39, 0.29) is 0 Å². The lowest BCUT2D eigenvalue weighted by atomic mass is 10.1. The molecule has 0 aromatic carbocycles. The number of aromatic nitrogens is 2. The minimum absolute atomic E-state index is 0.516. The molecular weight excluding hydrogens is 264 g/mol. The highest BCUT2D eigenvalue weighted by molar-refractivity contribution is 5.59. The molecule has 0 bridgehead atoms. The molecule has 21 heavy (non-hydrogen) atoms. The van der Waals surface area contributed by atoms with Crippen LogP contribution in [0.25, 0.3) is 0 Å². The summed E-state index contributed by atoms with van der Waals surface area (Å²) in [5.74, 6) is 8.93. The van der Waals surface area contributed by atoms with Crippen LogP contribution in [-0.2, 0) is 0 Å². The van der Waals surface area contributed by atoms with E-state index in [2.05, 4.69) is 48.0 Å². The number of piperazine rings is 1. The van der Waals surface area contributed by atoms with Crippen molar-refractivity contribution in [1.29, 1.82) is 0 Å². The molecule has 1 aromatic heterocycles. The normalized spacial score (nSPS) is 27.0. The number of rotatable bonds is 3. The molecule has 116 valence electrons. The van der Waals surface area contributed by atoms with Crippen LogP contribution in [0.1, 0.15) is 44.0 Å². The predicted octanol–water partition coefficient (Wildman–Crippen LogP) is 1.48. The topological polar surface area (TPSA) is 70.3 Å². The molecule has 2 heterocycles. The molecule has 6 heteroatoms. The van der Waals surface area contributed by atoms with Crippen LogP contribution in [0.15, 0.2) is 0 Å². The summed E-state index contributed by atoms with van der Waals surface area (Å²) in [5, 5.41) is 0. The molecule has 0 amide bonds. The van der Waals surface area contributed by atoms with E-state index in [1.807, 2.05) is 0 Å². The van der Waals surface area contributed by atoms with Crippen molar-refractivity contribution in [3.8, 4) is 0 Å². The van der Waals surface area contributed by atoms with Crippen molar-refractivity contribution in [3.63, 3.8) is 0 Å². The first kappa shape index (κ1) is 14.5. The summed E-state index contributed by atoms with van der Waals surface area (Å²) in [6, 6.07) is 1.03. The molecule has 1 aromatic rings. The van der Waals surface area contributed by atoms with Gasteiger partial charge in [-0.15, -0.1) is 0 Å². The van der Waals surface area contributed by atoms with Crippen LogP contribution in [0.3, 0.4) is 0 Å². The molecule has 1 saturated carbocycles. The van der Waals surface area contributed by atoms with Crippen LogP contribution in [0.2, 0.25) is 0 Å². The number of nitrogen functional groups attached to an aromatic ring is 1. The Bertz CT molecular complexity index is 515. The number of anilines is 2. The predicted molar refractivity (Wildman–Crippen MR) is 85.5 cm³/mol. The monoisotopic (exact) mass is 290 g/mol. The summed E-state index contributed by atoms with van der Waals surface area (Å²) in [4.78, 5) is 14.3. The minimum Gasteiger partial charge on any atom is -0.353 e. The van der Waals surface area contributed by atoms with E-state index >= 15 is 0 Å². The number of hydrogen-bond donors (Lipinski definition) is 2. The third-order valence-electron chi connectivity index (χ3n) is 4.88. The second-order valence-corrected chi connectivity index (χ2v) is 6.57. The molecule has 2 atom stereocenters. The van der Waals surface area contributed by atoms with E-state index in [1.165, 1.54) is 12.8 Å². The smallest absolute Gasteiger partial charge is 0.148 e. The highest BCUT2D eigenvalue weighted by atomic mass is 15.3. The van der Waals surface area contributed by atoms with Crippen LogP contribution in [-0.4, -0.2) is 47.1 Å². The first-order valence-corrected chi connectivity index (χ1v) is 7.83. The molecule has 2 fully saturated rings. The van der Waals surface area contributed by atoms with E-state index in [9.17, 15) is 0 Å². The van der Waals surface area contributed by atoms with Gasteiger partial charge < -0.3 is 10.3 Å². The summed E-state index contributed by atoms with van der Waals surface area (Å²) >= 11 is 0. The Morgan fingerprint density at radius 3 is 2.29 bits per heavy atom. The van der Waals surface area contributed by atoms with Crippen molar-refractivity contribution in [2.45, 2.75) is 51.6 Å². The van der Waals surface area contributed by atoms with Crippen LogP contribution in [0.4, 0.5) is 11.6 Å². The van der Waals surface area contributed by atoms with Gasteiger partial charge in [-0.3, -0.25) is 4.90 Å². The van der Waals surface area contributed by atoms with E-state index in [4.69, 9.17) is 10.8 Å². The Hall–Kier alpha value is -1.40. The van der Waals surface area contributed by atoms with Gasteiger partial charge in [0.1, 0.15) is 17.5 Å². The van der Waals surface area contributed by atoms with Gasteiger partial charge in [0.25, 0.3) is 0 Å². The summed E-state index contributed by atoms with van der Waals surface area (Å²) in [5.41, 5.74) is 3.79. The van der Waals surface area contributed by atoms with Gasteiger partial charge in [0, 0.05) is 36.7 Å². The van der Waals surface area contributed by atoms with Crippen LogP contribution in [0.5, 0.6) is 0 Å². The average molecular weight is 290 g/mol. The maximum Gasteiger partial charge on any atom is 0.148 e. The first-order valence-electron chi connectivity index (χ1n) is 7.83. The third-order valence-corrected chi connectivity index (χ3v) is 4.88. The Morgan fingerprint density at radius 1 is 1.14 bits per heavy atom. The zero-order valence-electron chi connectivity index (χ0n) is 13.4. The minimum atomic E-state index is 0.516. The van der Waals surface area contributed by atoms with Gasteiger partial charge in [0.2, 0.25) is 0 Å². The molecule has 2 aliphatic rings. The number of nitrogens with zero attached hydrogens (tertiary/aromatic N) is 4. The largest absolute Gasteiger partial charge is 0.353 e. The van der Waals surface area contributed by atoms with Crippen molar-refractivity contribution in [2.24, 2.45) is 5.84 Å². The first-order chi connectivity index (χ1) is 10.0. The highest BCUT2D eigenvalue weighted by Gasteiger charge is 2.32. The number of likely N-dealkylation sites (N-methyl/N-ethyl adjacent to an activating group) is 1. The molecule has 2 unspecified atom stereocenters. The van der Waals surface area contributed by atoms with Gasteiger partial charge in [-0.05, 0) is 40.7 Å². The summed E-state index contributed by atoms with van der Waals surface area (Å²) in [6.07, 6.45) is 2.39. The lowest BCUT2D eigenvalue weighted by Crippen LogP contribution is -2.55. The number of hydrogen-bond acceptors (Lipinski definition) is 6. The van der Waals surface area contributed by atoms with Crippen molar-refractivity contribution in [1.82, 2.24) is 14.9 Å². The molecule has 1 saturated heterocycles. The molecule has 0 radical (unpaired) electrons.